The molecule has 17 heavy (non-hydrogen) atoms. The molecule has 1 heterocycles. The molecule has 0 saturated heterocycles. The fourth-order valence-electron chi connectivity index (χ4n) is 2.11. The zero-order chi connectivity index (χ0) is 12.4. The molecule has 0 fully saturated rings. The van der Waals surface area contributed by atoms with Gasteiger partial charge in [0, 0.05) is 24.8 Å². The van der Waals surface area contributed by atoms with Crippen LogP contribution >= 0.6 is 0 Å². The van der Waals surface area contributed by atoms with E-state index in [0.29, 0.717) is 6.42 Å². The van der Waals surface area contributed by atoms with Crippen molar-refractivity contribution in [1.29, 1.82) is 0 Å². The molecule has 0 unspecified atom stereocenters. The normalized spacial score (nSPS) is 14.5. The molecule has 0 spiro atoms. The maximum absolute atomic E-state index is 11.8. The molecule has 0 radical (unpaired) electrons. The van der Waals surface area contributed by atoms with Crippen LogP contribution in [-0.4, -0.2) is 25.3 Å². The summed E-state index contributed by atoms with van der Waals surface area (Å²) in [5.41, 5.74) is 3.02. The Morgan fingerprint density at radius 2 is 2.18 bits per heavy atom. The predicted molar refractivity (Wildman–Crippen MR) is 67.3 cm³/mol. The fourth-order valence-corrected chi connectivity index (χ4v) is 2.11. The number of Topliss-reactive ketones (excluding diaryl/α,β-unsaturated/α-hetero) is 1. The first kappa shape index (κ1) is 11.6. The van der Waals surface area contributed by atoms with Gasteiger partial charge >= 0.3 is 0 Å². The van der Waals surface area contributed by atoms with Gasteiger partial charge in [-0.3, -0.25) is 9.59 Å². The van der Waals surface area contributed by atoms with E-state index in [-0.39, 0.29) is 18.2 Å². The van der Waals surface area contributed by atoms with Gasteiger partial charge in [-0.1, -0.05) is 0 Å². The molecular formula is C13H16N2O2. The number of hydrogen-bond acceptors (Lipinski definition) is 3. The van der Waals surface area contributed by atoms with Crippen LogP contribution in [0.3, 0.4) is 0 Å². The third-order valence-electron chi connectivity index (χ3n) is 2.95. The van der Waals surface area contributed by atoms with E-state index >= 15 is 0 Å². The van der Waals surface area contributed by atoms with E-state index in [9.17, 15) is 9.59 Å². The highest BCUT2D eigenvalue weighted by Crippen LogP contribution is 2.29. The number of fused-ring (bicyclic) bond motifs is 1. The fraction of sp³-hybridized carbons (Fsp3) is 0.385. The first-order valence-corrected chi connectivity index (χ1v) is 5.72. The molecule has 1 amide bonds. The molecule has 1 aliphatic heterocycles. The van der Waals surface area contributed by atoms with Crippen molar-refractivity contribution >= 4 is 23.1 Å². The summed E-state index contributed by atoms with van der Waals surface area (Å²) in [6, 6.07) is 5.86. The summed E-state index contributed by atoms with van der Waals surface area (Å²) >= 11 is 0. The summed E-state index contributed by atoms with van der Waals surface area (Å²) in [6.07, 6.45) is 1.23. The number of carbonyl (C=O) groups is 2. The monoisotopic (exact) mass is 232 g/mol. The first-order chi connectivity index (χ1) is 8.11. The molecule has 0 aromatic heterocycles. The molecule has 0 aliphatic carbocycles. The minimum Gasteiger partial charge on any atom is -0.388 e. The van der Waals surface area contributed by atoms with E-state index in [1.165, 1.54) is 6.92 Å². The molecule has 1 aromatic rings. The molecule has 90 valence electrons. The third kappa shape index (κ3) is 2.30. The number of carbonyl (C=O) groups excluding carboxylic acids is 2. The number of rotatable bonds is 3. The minimum atomic E-state index is 0.00360. The zero-order valence-corrected chi connectivity index (χ0v) is 10.1. The summed E-state index contributed by atoms with van der Waals surface area (Å²) in [5.74, 6) is 0.0359. The average Bonchev–Trinajstić information content (AvgIpc) is 2.32. The van der Waals surface area contributed by atoms with Crippen LogP contribution in [0.15, 0.2) is 18.2 Å². The summed E-state index contributed by atoms with van der Waals surface area (Å²) in [4.78, 5) is 24.6. The maximum atomic E-state index is 11.8. The van der Waals surface area contributed by atoms with Gasteiger partial charge in [-0.2, -0.15) is 0 Å². The van der Waals surface area contributed by atoms with Crippen LogP contribution in [0, 0.1) is 0 Å². The lowest BCUT2D eigenvalue weighted by molar-refractivity contribution is -0.122. The smallest absolute Gasteiger partial charge is 0.227 e. The van der Waals surface area contributed by atoms with E-state index in [1.54, 1.807) is 4.90 Å². The SMILES string of the molecule is CNc1ccc2c(c1)CCC(=O)N2CC(C)=O. The number of aryl methyl sites for hydroxylation is 1. The molecule has 2 rings (SSSR count). The molecule has 4 heteroatoms. The van der Waals surface area contributed by atoms with Crippen molar-refractivity contribution in [2.45, 2.75) is 19.8 Å². The van der Waals surface area contributed by atoms with Crippen LogP contribution in [0.5, 0.6) is 0 Å². The molecule has 1 aliphatic rings. The van der Waals surface area contributed by atoms with Gasteiger partial charge in [-0.15, -0.1) is 0 Å². The Bertz CT molecular complexity index is 468. The van der Waals surface area contributed by atoms with Crippen molar-refractivity contribution in [3.05, 3.63) is 23.8 Å². The molecule has 1 aromatic carbocycles. The van der Waals surface area contributed by atoms with Crippen LogP contribution in [0.2, 0.25) is 0 Å². The van der Waals surface area contributed by atoms with Gasteiger partial charge in [0.25, 0.3) is 0 Å². The molecule has 1 N–H and O–H groups in total. The number of amides is 1. The second kappa shape index (κ2) is 4.57. The largest absolute Gasteiger partial charge is 0.388 e. The highest BCUT2D eigenvalue weighted by molar-refractivity contribution is 6.01. The predicted octanol–water partition coefficient (Wildman–Crippen LogP) is 1.60. The number of nitrogens with zero attached hydrogens (tertiary/aromatic N) is 1. The van der Waals surface area contributed by atoms with Crippen LogP contribution < -0.4 is 10.2 Å². The lowest BCUT2D eigenvalue weighted by Gasteiger charge is -2.29. The number of nitrogens with one attached hydrogen (secondary N) is 1. The van der Waals surface area contributed by atoms with Crippen LogP contribution in [-0.2, 0) is 16.0 Å². The van der Waals surface area contributed by atoms with Crippen LogP contribution in [0.4, 0.5) is 11.4 Å². The molecular weight excluding hydrogens is 216 g/mol. The van der Waals surface area contributed by atoms with E-state index in [0.717, 1.165) is 23.4 Å². The zero-order valence-electron chi connectivity index (χ0n) is 10.1. The summed E-state index contributed by atoms with van der Waals surface area (Å²) in [6.45, 7) is 1.67. The van der Waals surface area contributed by atoms with E-state index in [2.05, 4.69) is 5.32 Å². The molecule has 0 saturated carbocycles. The number of ketones is 1. The average molecular weight is 232 g/mol. The Morgan fingerprint density at radius 3 is 2.82 bits per heavy atom. The molecule has 4 nitrogen and oxygen atoms in total. The van der Waals surface area contributed by atoms with Crippen molar-refractivity contribution in [1.82, 2.24) is 0 Å². The second-order valence-electron chi connectivity index (χ2n) is 4.28. The Hall–Kier alpha value is -1.84. The van der Waals surface area contributed by atoms with Gasteiger partial charge in [0.2, 0.25) is 5.91 Å². The summed E-state index contributed by atoms with van der Waals surface area (Å²) in [7, 11) is 1.86. The van der Waals surface area contributed by atoms with Crippen LogP contribution in [0.1, 0.15) is 18.9 Å². The Kier molecular flexibility index (Phi) is 3.13. The van der Waals surface area contributed by atoms with Gasteiger partial charge in [0.1, 0.15) is 5.78 Å². The number of hydrogen-bond donors (Lipinski definition) is 1. The lowest BCUT2D eigenvalue weighted by Crippen LogP contribution is -2.38. The highest BCUT2D eigenvalue weighted by Gasteiger charge is 2.24. The summed E-state index contributed by atoms with van der Waals surface area (Å²) < 4.78 is 0. The third-order valence-corrected chi connectivity index (χ3v) is 2.95. The maximum Gasteiger partial charge on any atom is 0.227 e. The van der Waals surface area contributed by atoms with Crippen molar-refractivity contribution in [3.63, 3.8) is 0 Å². The topological polar surface area (TPSA) is 49.4 Å². The quantitative estimate of drug-likeness (QED) is 0.861. The Morgan fingerprint density at radius 1 is 1.41 bits per heavy atom. The second-order valence-corrected chi connectivity index (χ2v) is 4.28. The van der Waals surface area contributed by atoms with E-state index in [4.69, 9.17) is 0 Å². The van der Waals surface area contributed by atoms with Gasteiger partial charge < -0.3 is 10.2 Å². The van der Waals surface area contributed by atoms with Crippen molar-refractivity contribution in [2.75, 3.05) is 23.8 Å². The van der Waals surface area contributed by atoms with Crippen molar-refractivity contribution in [2.24, 2.45) is 0 Å². The van der Waals surface area contributed by atoms with Gasteiger partial charge in [0.05, 0.1) is 6.54 Å². The Balaban J connectivity index is 2.37. The molecule has 0 atom stereocenters. The van der Waals surface area contributed by atoms with Crippen molar-refractivity contribution < 1.29 is 9.59 Å². The minimum absolute atomic E-state index is 0.00360. The van der Waals surface area contributed by atoms with Crippen molar-refractivity contribution in [3.8, 4) is 0 Å². The van der Waals surface area contributed by atoms with Gasteiger partial charge in [-0.05, 0) is 37.1 Å². The highest BCUT2D eigenvalue weighted by atomic mass is 16.2. The van der Waals surface area contributed by atoms with E-state index < -0.39 is 0 Å². The van der Waals surface area contributed by atoms with Crippen LogP contribution in [0.25, 0.3) is 0 Å². The first-order valence-electron chi connectivity index (χ1n) is 5.72. The standard InChI is InChI=1S/C13H16N2O2/c1-9(16)8-15-12-5-4-11(14-2)7-10(12)3-6-13(15)17/h4-5,7,14H,3,6,8H2,1-2H3. The number of benzene rings is 1. The molecule has 0 bridgehead atoms. The lowest BCUT2D eigenvalue weighted by atomic mass is 10.00. The Labute approximate surface area is 101 Å². The van der Waals surface area contributed by atoms with Gasteiger partial charge in [0.15, 0.2) is 0 Å². The van der Waals surface area contributed by atoms with Gasteiger partial charge in [-0.25, -0.2) is 0 Å². The van der Waals surface area contributed by atoms with E-state index in [1.807, 2.05) is 25.2 Å². The number of anilines is 2. The summed E-state index contributed by atoms with van der Waals surface area (Å²) in [5, 5.41) is 3.07.